The number of phenols is 1. The first-order valence-electron chi connectivity index (χ1n) is 10.3. The van der Waals surface area contributed by atoms with Gasteiger partial charge in [-0.05, 0) is 54.1 Å². The van der Waals surface area contributed by atoms with E-state index in [1.165, 1.54) is 53.4 Å². The molecule has 1 aliphatic heterocycles. The number of rotatable bonds is 7. The number of nitrogens with zero attached hydrogens (tertiary/aromatic N) is 1. The van der Waals surface area contributed by atoms with Gasteiger partial charge in [0, 0.05) is 11.9 Å². The summed E-state index contributed by atoms with van der Waals surface area (Å²) in [7, 11) is -3.57. The van der Waals surface area contributed by atoms with Gasteiger partial charge >= 0.3 is 6.09 Å². The van der Waals surface area contributed by atoms with Gasteiger partial charge in [0.2, 0.25) is 0 Å². The molecule has 3 unspecified atom stereocenters. The van der Waals surface area contributed by atoms with Crippen molar-refractivity contribution in [2.24, 2.45) is 0 Å². The van der Waals surface area contributed by atoms with E-state index in [0.717, 1.165) is 6.26 Å². The second-order valence-electron chi connectivity index (χ2n) is 7.83. The average Bonchev–Trinajstić information content (AvgIpc) is 3.15. The molecule has 3 aromatic carbocycles. The summed E-state index contributed by atoms with van der Waals surface area (Å²) in [5.41, 5.74) is 0.899. The Kier molecular flexibility index (Phi) is 6.45. The number of amides is 1. The lowest BCUT2D eigenvalue weighted by Crippen LogP contribution is -2.38. The van der Waals surface area contributed by atoms with Crippen LogP contribution in [0.1, 0.15) is 11.6 Å². The summed E-state index contributed by atoms with van der Waals surface area (Å²) in [5.74, 6) is -0.405. The average molecular weight is 488 g/mol. The fourth-order valence-corrected chi connectivity index (χ4v) is 4.63. The monoisotopic (exact) mass is 487 g/mol. The molecule has 1 aliphatic rings. The van der Waals surface area contributed by atoms with Crippen molar-refractivity contribution in [2.75, 3.05) is 17.8 Å². The van der Waals surface area contributed by atoms with Gasteiger partial charge < -0.3 is 19.7 Å². The molecule has 1 heterocycles. The third kappa shape index (κ3) is 4.82. The van der Waals surface area contributed by atoms with Crippen molar-refractivity contribution in [1.82, 2.24) is 0 Å². The Morgan fingerprint density at radius 3 is 2.35 bits per heavy atom. The molecule has 3 atom stereocenters. The third-order valence-electron chi connectivity index (χ3n) is 5.40. The maximum atomic E-state index is 13.5. The number of anilines is 1. The van der Waals surface area contributed by atoms with E-state index in [-0.39, 0.29) is 23.0 Å². The molecule has 0 bridgehead atoms. The molecule has 1 fully saturated rings. The van der Waals surface area contributed by atoms with E-state index in [4.69, 9.17) is 9.47 Å². The molecule has 0 saturated carbocycles. The summed E-state index contributed by atoms with van der Waals surface area (Å²) in [6.45, 7) is -0.365. The number of cyclic esters (lactones) is 1. The minimum Gasteiger partial charge on any atom is -0.508 e. The molecule has 1 saturated heterocycles. The number of ether oxygens (including phenoxy) is 2. The van der Waals surface area contributed by atoms with Crippen molar-refractivity contribution in [3.8, 4) is 11.5 Å². The van der Waals surface area contributed by atoms with Crippen LogP contribution in [0, 0.1) is 5.82 Å². The maximum absolute atomic E-state index is 13.5. The van der Waals surface area contributed by atoms with E-state index in [2.05, 4.69) is 0 Å². The van der Waals surface area contributed by atoms with Gasteiger partial charge in [0.1, 0.15) is 41.0 Å². The van der Waals surface area contributed by atoms with Crippen LogP contribution in [0.3, 0.4) is 0 Å². The molecule has 34 heavy (non-hydrogen) atoms. The van der Waals surface area contributed by atoms with Crippen molar-refractivity contribution in [2.45, 2.75) is 23.1 Å². The predicted molar refractivity (Wildman–Crippen MR) is 121 cm³/mol. The Bertz CT molecular complexity index is 1280. The number of aliphatic hydroxyl groups excluding tert-OH is 1. The van der Waals surface area contributed by atoms with Crippen LogP contribution in [-0.2, 0) is 14.6 Å². The topological polar surface area (TPSA) is 113 Å². The summed E-state index contributed by atoms with van der Waals surface area (Å²) in [6.07, 6.45) is -2.16. The first-order valence-corrected chi connectivity index (χ1v) is 12.2. The van der Waals surface area contributed by atoms with E-state index < -0.39 is 40.0 Å². The number of aromatic hydroxyl groups is 1. The lowest BCUT2D eigenvalue weighted by Gasteiger charge is -2.27. The highest BCUT2D eigenvalue weighted by molar-refractivity contribution is 7.90. The predicted octanol–water partition coefficient (Wildman–Crippen LogP) is 3.44. The van der Waals surface area contributed by atoms with Crippen LogP contribution in [0.25, 0.3) is 0 Å². The van der Waals surface area contributed by atoms with Gasteiger partial charge in [-0.25, -0.2) is 17.6 Å². The fourth-order valence-electron chi connectivity index (χ4n) is 3.81. The standard InChI is InChI=1S/C24H22FNO7S/c1-34(30,31)21-5-3-2-4-20(21)32-14-19(28)23-22(15-6-12-18(27)13-7-15)26(24(29)33-23)17-10-8-16(25)9-11-17/h2-13,19,22-23,27-28H,14H2,1H3. The molecule has 8 nitrogen and oxygen atoms in total. The van der Waals surface area contributed by atoms with Gasteiger partial charge in [-0.15, -0.1) is 0 Å². The van der Waals surface area contributed by atoms with E-state index in [1.807, 2.05) is 0 Å². The van der Waals surface area contributed by atoms with Crippen LogP contribution in [0.2, 0.25) is 0 Å². The van der Waals surface area contributed by atoms with Crippen molar-refractivity contribution in [3.05, 3.63) is 84.2 Å². The molecule has 0 spiro atoms. The second kappa shape index (κ2) is 9.32. The van der Waals surface area contributed by atoms with Gasteiger partial charge in [0.15, 0.2) is 15.9 Å². The highest BCUT2D eigenvalue weighted by atomic mass is 32.2. The minimum absolute atomic E-state index is 0.0140. The maximum Gasteiger partial charge on any atom is 0.415 e. The van der Waals surface area contributed by atoms with Crippen molar-refractivity contribution in [3.63, 3.8) is 0 Å². The number of carbonyl (C=O) groups excluding carboxylic acids is 1. The SMILES string of the molecule is CS(=O)(=O)c1ccccc1OCC(O)C1OC(=O)N(c2ccc(F)cc2)C1c1ccc(O)cc1. The number of phenolic OH excluding ortho intramolecular Hbond substituents is 1. The molecule has 10 heteroatoms. The zero-order valence-corrected chi connectivity index (χ0v) is 18.9. The smallest absolute Gasteiger partial charge is 0.415 e. The zero-order chi connectivity index (χ0) is 24.5. The number of benzene rings is 3. The molecule has 0 radical (unpaired) electrons. The number of sulfone groups is 1. The molecule has 2 N–H and O–H groups in total. The van der Waals surface area contributed by atoms with Crippen LogP contribution in [-0.4, -0.2) is 49.8 Å². The first-order chi connectivity index (χ1) is 16.1. The van der Waals surface area contributed by atoms with E-state index >= 15 is 0 Å². The van der Waals surface area contributed by atoms with E-state index in [9.17, 15) is 27.8 Å². The molecule has 178 valence electrons. The van der Waals surface area contributed by atoms with Crippen molar-refractivity contribution >= 4 is 21.6 Å². The van der Waals surface area contributed by atoms with Crippen molar-refractivity contribution < 1.29 is 37.3 Å². The number of para-hydroxylation sites is 1. The number of carbonyl (C=O) groups is 1. The molecule has 4 rings (SSSR count). The summed E-state index contributed by atoms with van der Waals surface area (Å²) in [6, 6.07) is 16.4. The van der Waals surface area contributed by atoms with Crippen LogP contribution in [0.15, 0.2) is 77.7 Å². The summed E-state index contributed by atoms with van der Waals surface area (Å²) < 4.78 is 48.6. The normalized spacial score (nSPS) is 19.0. The highest BCUT2D eigenvalue weighted by Crippen LogP contribution is 2.39. The third-order valence-corrected chi connectivity index (χ3v) is 6.54. The fraction of sp³-hybridized carbons (Fsp3) is 0.208. The highest BCUT2D eigenvalue weighted by Gasteiger charge is 2.47. The lowest BCUT2D eigenvalue weighted by atomic mass is 9.96. The van der Waals surface area contributed by atoms with Crippen LogP contribution >= 0.6 is 0 Å². The molecule has 3 aromatic rings. The van der Waals surface area contributed by atoms with E-state index in [1.54, 1.807) is 24.3 Å². The van der Waals surface area contributed by atoms with Gasteiger partial charge in [-0.1, -0.05) is 24.3 Å². The number of hydrogen-bond acceptors (Lipinski definition) is 7. The largest absolute Gasteiger partial charge is 0.508 e. The minimum atomic E-state index is -3.57. The summed E-state index contributed by atoms with van der Waals surface area (Å²) >= 11 is 0. The zero-order valence-electron chi connectivity index (χ0n) is 18.0. The van der Waals surface area contributed by atoms with Gasteiger partial charge in [-0.3, -0.25) is 4.90 Å². The van der Waals surface area contributed by atoms with Crippen LogP contribution in [0.5, 0.6) is 11.5 Å². The first kappa shape index (κ1) is 23.5. The molecule has 0 aliphatic carbocycles. The molecular weight excluding hydrogens is 465 g/mol. The van der Waals surface area contributed by atoms with Crippen LogP contribution in [0.4, 0.5) is 14.9 Å². The Balaban J connectivity index is 1.64. The molecule has 1 amide bonds. The van der Waals surface area contributed by atoms with Gasteiger partial charge in [0.05, 0.1) is 0 Å². The number of hydrogen-bond donors (Lipinski definition) is 2. The van der Waals surface area contributed by atoms with Gasteiger partial charge in [0.25, 0.3) is 0 Å². The lowest BCUT2D eigenvalue weighted by molar-refractivity contribution is -0.00699. The molecule has 0 aromatic heterocycles. The van der Waals surface area contributed by atoms with Crippen molar-refractivity contribution in [1.29, 1.82) is 0 Å². The number of halogens is 1. The summed E-state index contributed by atoms with van der Waals surface area (Å²) in [4.78, 5) is 14.1. The molecular formula is C24H22FNO7S. The Hall–Kier alpha value is -3.63. The van der Waals surface area contributed by atoms with E-state index in [0.29, 0.717) is 11.3 Å². The Labute approximate surface area is 195 Å². The quantitative estimate of drug-likeness (QED) is 0.525. The number of aliphatic hydroxyl groups is 1. The second-order valence-corrected chi connectivity index (χ2v) is 9.81. The van der Waals surface area contributed by atoms with Crippen LogP contribution < -0.4 is 9.64 Å². The summed E-state index contributed by atoms with van der Waals surface area (Å²) in [5, 5.41) is 20.6. The Morgan fingerprint density at radius 2 is 1.71 bits per heavy atom. The Morgan fingerprint density at radius 1 is 1.06 bits per heavy atom. The van der Waals surface area contributed by atoms with Gasteiger partial charge in [-0.2, -0.15) is 0 Å².